The molecule has 0 radical (unpaired) electrons. The van der Waals surface area contributed by atoms with Gasteiger partial charge in [0.25, 0.3) is 0 Å². The molecule has 0 aliphatic heterocycles. The molecule has 0 fully saturated rings. The minimum atomic E-state index is 0.202. The zero-order valence-electron chi connectivity index (χ0n) is 12.0. The van der Waals surface area contributed by atoms with Gasteiger partial charge in [0, 0.05) is 12.7 Å². The first kappa shape index (κ1) is 13.9. The van der Waals surface area contributed by atoms with Crippen LogP contribution in [0.25, 0.3) is 0 Å². The van der Waals surface area contributed by atoms with E-state index in [0.29, 0.717) is 6.04 Å². The fraction of sp³-hybridized carbons (Fsp3) is 0.533. The van der Waals surface area contributed by atoms with Gasteiger partial charge in [0.05, 0.1) is 24.0 Å². The third-order valence-electron chi connectivity index (χ3n) is 3.54. The van der Waals surface area contributed by atoms with E-state index in [9.17, 15) is 0 Å². The Hall–Kier alpha value is -1.55. The summed E-state index contributed by atoms with van der Waals surface area (Å²) in [5.74, 6) is 0.958. The normalized spacial score (nSPS) is 13.1. The monoisotopic (exact) mass is 261 g/mol. The van der Waals surface area contributed by atoms with Crippen molar-refractivity contribution in [2.75, 3.05) is 0 Å². The molecule has 0 aliphatic carbocycles. The summed E-state index contributed by atoms with van der Waals surface area (Å²) in [6.45, 7) is 7.26. The molecule has 2 aromatic heterocycles. The third-order valence-corrected chi connectivity index (χ3v) is 3.54. The van der Waals surface area contributed by atoms with E-state index in [1.165, 1.54) is 0 Å². The van der Waals surface area contributed by atoms with Crippen molar-refractivity contribution in [1.82, 2.24) is 15.1 Å². The predicted octanol–water partition coefficient (Wildman–Crippen LogP) is 3.69. The van der Waals surface area contributed by atoms with Crippen molar-refractivity contribution in [3.63, 3.8) is 0 Å². The topological polar surface area (TPSA) is 43.0 Å². The van der Waals surface area contributed by atoms with E-state index in [2.05, 4.69) is 48.1 Å². The number of furan rings is 1. The lowest BCUT2D eigenvalue weighted by molar-refractivity contribution is 0.413. The molecular weight excluding hydrogens is 238 g/mol. The van der Waals surface area contributed by atoms with E-state index in [-0.39, 0.29) is 6.04 Å². The molecule has 0 saturated carbocycles. The third kappa shape index (κ3) is 3.47. The van der Waals surface area contributed by atoms with Gasteiger partial charge in [-0.2, -0.15) is 5.10 Å². The van der Waals surface area contributed by atoms with E-state index in [0.717, 1.165) is 30.8 Å². The molecule has 1 N–H and O–H groups in total. The lowest BCUT2D eigenvalue weighted by Crippen LogP contribution is -2.18. The van der Waals surface area contributed by atoms with Gasteiger partial charge in [0.1, 0.15) is 5.76 Å². The second kappa shape index (κ2) is 6.57. The average Bonchev–Trinajstić information content (AvgIpc) is 3.09. The van der Waals surface area contributed by atoms with Gasteiger partial charge in [-0.1, -0.05) is 13.8 Å². The maximum atomic E-state index is 5.37. The number of nitrogens with one attached hydrogen (secondary N) is 1. The summed E-state index contributed by atoms with van der Waals surface area (Å²) < 4.78 is 7.45. The summed E-state index contributed by atoms with van der Waals surface area (Å²) in [6.07, 6.45) is 6.02. The first-order valence-electron chi connectivity index (χ1n) is 7.05. The second-order valence-electron chi connectivity index (χ2n) is 4.88. The Morgan fingerprint density at radius 2 is 2.11 bits per heavy atom. The molecule has 0 bridgehead atoms. The van der Waals surface area contributed by atoms with Crippen molar-refractivity contribution in [2.24, 2.45) is 0 Å². The quantitative estimate of drug-likeness (QED) is 0.826. The summed E-state index contributed by atoms with van der Waals surface area (Å²) in [4.78, 5) is 0. The lowest BCUT2D eigenvalue weighted by atomic mass is 10.2. The fourth-order valence-corrected chi connectivity index (χ4v) is 2.23. The smallest absolute Gasteiger partial charge is 0.120 e. The van der Waals surface area contributed by atoms with Gasteiger partial charge in [-0.15, -0.1) is 0 Å². The zero-order chi connectivity index (χ0) is 13.7. The molecule has 0 amide bonds. The molecular formula is C15H23N3O. The molecule has 1 atom stereocenters. The van der Waals surface area contributed by atoms with Crippen molar-refractivity contribution in [3.8, 4) is 0 Å². The molecule has 2 rings (SSSR count). The second-order valence-corrected chi connectivity index (χ2v) is 4.88. The van der Waals surface area contributed by atoms with Gasteiger partial charge in [0.15, 0.2) is 0 Å². The van der Waals surface area contributed by atoms with Crippen LogP contribution in [0.3, 0.4) is 0 Å². The van der Waals surface area contributed by atoms with Crippen LogP contribution < -0.4 is 5.32 Å². The minimum Gasteiger partial charge on any atom is -0.468 e. The molecule has 2 heterocycles. The van der Waals surface area contributed by atoms with Crippen molar-refractivity contribution in [3.05, 3.63) is 42.1 Å². The van der Waals surface area contributed by atoms with Crippen LogP contribution in [0.4, 0.5) is 0 Å². The number of aromatic nitrogens is 2. The molecule has 0 aliphatic rings. The molecule has 0 spiro atoms. The van der Waals surface area contributed by atoms with E-state index in [4.69, 9.17) is 4.42 Å². The highest BCUT2D eigenvalue weighted by Crippen LogP contribution is 2.16. The Labute approximate surface area is 114 Å². The van der Waals surface area contributed by atoms with Crippen LogP contribution in [0.2, 0.25) is 0 Å². The standard InChI is InChI=1S/C15H23N3O/c1-4-14(5-2)18-9-8-13(17-18)11-16-12(3)15-7-6-10-19-15/h6-10,12,14,16H,4-5,11H2,1-3H3/t12-/m1/s1. The van der Waals surface area contributed by atoms with Crippen LogP contribution in [0.15, 0.2) is 35.1 Å². The van der Waals surface area contributed by atoms with Crippen LogP contribution in [0, 0.1) is 0 Å². The van der Waals surface area contributed by atoms with Crippen molar-refractivity contribution < 1.29 is 4.42 Å². The number of rotatable bonds is 7. The first-order chi connectivity index (χ1) is 9.24. The molecule has 2 aromatic rings. The molecule has 4 nitrogen and oxygen atoms in total. The SMILES string of the molecule is CCC(CC)n1ccc(CN[C@H](C)c2ccco2)n1. The van der Waals surface area contributed by atoms with Crippen LogP contribution in [-0.4, -0.2) is 9.78 Å². The Balaban J connectivity index is 1.90. The maximum Gasteiger partial charge on any atom is 0.120 e. The van der Waals surface area contributed by atoms with Gasteiger partial charge >= 0.3 is 0 Å². The van der Waals surface area contributed by atoms with Gasteiger partial charge in [-0.3, -0.25) is 4.68 Å². The molecule has 0 aromatic carbocycles. The first-order valence-corrected chi connectivity index (χ1v) is 7.05. The number of hydrogen-bond acceptors (Lipinski definition) is 3. The van der Waals surface area contributed by atoms with E-state index in [1.54, 1.807) is 6.26 Å². The van der Waals surface area contributed by atoms with Crippen LogP contribution in [0.1, 0.15) is 57.2 Å². The van der Waals surface area contributed by atoms with Crippen molar-refractivity contribution >= 4 is 0 Å². The van der Waals surface area contributed by atoms with Gasteiger partial charge in [-0.05, 0) is 38.0 Å². The number of hydrogen-bond donors (Lipinski definition) is 1. The molecule has 19 heavy (non-hydrogen) atoms. The average molecular weight is 261 g/mol. The lowest BCUT2D eigenvalue weighted by Gasteiger charge is -2.13. The largest absolute Gasteiger partial charge is 0.468 e. The highest BCUT2D eigenvalue weighted by molar-refractivity contribution is 5.05. The van der Waals surface area contributed by atoms with Crippen molar-refractivity contribution in [2.45, 2.75) is 52.2 Å². The summed E-state index contributed by atoms with van der Waals surface area (Å²) in [5, 5.41) is 8.05. The molecule has 0 unspecified atom stereocenters. The predicted molar refractivity (Wildman–Crippen MR) is 75.8 cm³/mol. The van der Waals surface area contributed by atoms with Crippen LogP contribution in [-0.2, 0) is 6.54 Å². The minimum absolute atomic E-state index is 0.202. The number of nitrogens with zero attached hydrogens (tertiary/aromatic N) is 2. The summed E-state index contributed by atoms with van der Waals surface area (Å²) in [6, 6.07) is 6.69. The Bertz CT molecular complexity index is 471. The maximum absolute atomic E-state index is 5.37. The molecule has 4 heteroatoms. The Morgan fingerprint density at radius 3 is 2.74 bits per heavy atom. The molecule has 0 saturated heterocycles. The van der Waals surface area contributed by atoms with E-state index >= 15 is 0 Å². The van der Waals surface area contributed by atoms with Crippen LogP contribution >= 0.6 is 0 Å². The van der Waals surface area contributed by atoms with E-state index in [1.807, 2.05) is 12.1 Å². The van der Waals surface area contributed by atoms with Gasteiger partial charge in [-0.25, -0.2) is 0 Å². The molecule has 104 valence electrons. The van der Waals surface area contributed by atoms with Gasteiger partial charge < -0.3 is 9.73 Å². The Kier molecular flexibility index (Phi) is 4.80. The van der Waals surface area contributed by atoms with E-state index < -0.39 is 0 Å². The zero-order valence-corrected chi connectivity index (χ0v) is 12.0. The highest BCUT2D eigenvalue weighted by atomic mass is 16.3. The van der Waals surface area contributed by atoms with Crippen molar-refractivity contribution in [1.29, 1.82) is 0 Å². The fourth-order valence-electron chi connectivity index (χ4n) is 2.23. The van der Waals surface area contributed by atoms with Crippen LogP contribution in [0.5, 0.6) is 0 Å². The summed E-state index contributed by atoms with van der Waals surface area (Å²) in [7, 11) is 0. The summed E-state index contributed by atoms with van der Waals surface area (Å²) >= 11 is 0. The Morgan fingerprint density at radius 1 is 1.32 bits per heavy atom. The summed E-state index contributed by atoms with van der Waals surface area (Å²) in [5.41, 5.74) is 1.07. The highest BCUT2D eigenvalue weighted by Gasteiger charge is 2.10. The van der Waals surface area contributed by atoms with Gasteiger partial charge in [0.2, 0.25) is 0 Å².